The van der Waals surface area contributed by atoms with Gasteiger partial charge < -0.3 is 10.6 Å². The van der Waals surface area contributed by atoms with Crippen molar-refractivity contribution in [2.24, 2.45) is 11.7 Å². The smallest absolute Gasteiger partial charge is 0.0117 e. The number of hydrogen-bond acceptors (Lipinski definition) is 3. The van der Waals surface area contributed by atoms with Gasteiger partial charge in [0.1, 0.15) is 0 Å². The minimum atomic E-state index is 0.361. The number of fused-ring (bicyclic) bond motifs is 2. The minimum absolute atomic E-state index is 0.361. The fourth-order valence-corrected chi connectivity index (χ4v) is 4.95. The molecular formula is C16H26N2S. The number of rotatable bonds is 4. The second-order valence-corrected chi connectivity index (χ2v) is 7.62. The van der Waals surface area contributed by atoms with Crippen LogP contribution in [0.1, 0.15) is 42.4 Å². The lowest BCUT2D eigenvalue weighted by Crippen LogP contribution is -2.46. The number of piperidine rings is 1. The maximum Gasteiger partial charge on any atom is 0.0117 e. The molecule has 0 aromatic carbocycles. The average Bonchev–Trinajstić information content (AvgIpc) is 2.91. The molecule has 0 amide bonds. The van der Waals surface area contributed by atoms with Gasteiger partial charge in [0.2, 0.25) is 0 Å². The Labute approximate surface area is 121 Å². The molecule has 3 unspecified atom stereocenters. The third-order valence-electron chi connectivity index (χ3n) is 5.24. The van der Waals surface area contributed by atoms with Crippen LogP contribution in [0.25, 0.3) is 0 Å². The molecule has 2 nitrogen and oxygen atoms in total. The molecule has 0 radical (unpaired) electrons. The normalized spacial score (nSPS) is 32.7. The minimum Gasteiger partial charge on any atom is -0.327 e. The zero-order valence-corrected chi connectivity index (χ0v) is 13.0. The summed E-state index contributed by atoms with van der Waals surface area (Å²) >= 11 is 1.95. The zero-order chi connectivity index (χ0) is 13.4. The van der Waals surface area contributed by atoms with Crippen molar-refractivity contribution < 1.29 is 0 Å². The van der Waals surface area contributed by atoms with Gasteiger partial charge in [0.25, 0.3) is 0 Å². The molecule has 19 heavy (non-hydrogen) atoms. The lowest BCUT2D eigenvalue weighted by Gasteiger charge is -2.38. The Kier molecular flexibility index (Phi) is 3.97. The van der Waals surface area contributed by atoms with E-state index in [1.54, 1.807) is 0 Å². The first-order valence-corrected chi connectivity index (χ1v) is 8.54. The van der Waals surface area contributed by atoms with Crippen LogP contribution in [0.4, 0.5) is 0 Å². The van der Waals surface area contributed by atoms with Gasteiger partial charge in [-0.15, -0.1) is 11.3 Å². The van der Waals surface area contributed by atoms with Crippen molar-refractivity contribution in [3.63, 3.8) is 0 Å². The molecule has 3 rings (SSSR count). The highest BCUT2D eigenvalue weighted by molar-refractivity contribution is 7.11. The van der Waals surface area contributed by atoms with Crippen LogP contribution in [0, 0.1) is 5.92 Å². The zero-order valence-electron chi connectivity index (χ0n) is 12.1. The van der Waals surface area contributed by atoms with E-state index < -0.39 is 0 Å². The molecule has 106 valence electrons. The van der Waals surface area contributed by atoms with Crippen molar-refractivity contribution >= 4 is 11.3 Å². The standard InChI is InChI=1S/C16H26N2S/c1-3-14-6-7-15(19-14)10-16(17)11-8-12-4-5-13(9-11)18(12)2/h6-7,11-13,16H,3-5,8-10,17H2,1-2H3. The Bertz CT molecular complexity index is 414. The molecule has 0 spiro atoms. The summed E-state index contributed by atoms with van der Waals surface area (Å²) in [4.78, 5) is 5.57. The van der Waals surface area contributed by atoms with Gasteiger partial charge in [0.15, 0.2) is 0 Å². The first kappa shape index (κ1) is 13.6. The summed E-state index contributed by atoms with van der Waals surface area (Å²) in [6.07, 6.45) is 7.66. The van der Waals surface area contributed by atoms with Gasteiger partial charge >= 0.3 is 0 Å². The van der Waals surface area contributed by atoms with E-state index >= 15 is 0 Å². The van der Waals surface area contributed by atoms with Gasteiger partial charge in [-0.1, -0.05) is 6.92 Å². The van der Waals surface area contributed by atoms with E-state index in [1.165, 1.54) is 35.4 Å². The highest BCUT2D eigenvalue weighted by Gasteiger charge is 2.40. The molecule has 3 atom stereocenters. The molecule has 2 bridgehead atoms. The topological polar surface area (TPSA) is 29.3 Å². The van der Waals surface area contributed by atoms with Crippen molar-refractivity contribution in [1.82, 2.24) is 4.90 Å². The van der Waals surface area contributed by atoms with Gasteiger partial charge in [-0.3, -0.25) is 0 Å². The van der Waals surface area contributed by atoms with Crippen LogP contribution < -0.4 is 5.73 Å². The Morgan fingerprint density at radius 2 is 1.89 bits per heavy atom. The number of nitrogens with zero attached hydrogens (tertiary/aromatic N) is 1. The molecule has 3 heteroatoms. The maximum absolute atomic E-state index is 6.52. The van der Waals surface area contributed by atoms with E-state index in [1.807, 2.05) is 11.3 Å². The fourth-order valence-electron chi connectivity index (χ4n) is 3.92. The van der Waals surface area contributed by atoms with Crippen LogP contribution in [-0.2, 0) is 12.8 Å². The van der Waals surface area contributed by atoms with Gasteiger partial charge in [-0.05, 0) is 63.6 Å². The second kappa shape index (κ2) is 5.55. The Morgan fingerprint density at radius 1 is 1.26 bits per heavy atom. The van der Waals surface area contributed by atoms with Gasteiger partial charge in [-0.25, -0.2) is 0 Å². The average molecular weight is 278 g/mol. The predicted molar refractivity (Wildman–Crippen MR) is 82.7 cm³/mol. The number of thiophene rings is 1. The van der Waals surface area contributed by atoms with Gasteiger partial charge in [0, 0.05) is 27.9 Å². The third kappa shape index (κ3) is 2.74. The number of aryl methyl sites for hydroxylation is 1. The van der Waals surface area contributed by atoms with Gasteiger partial charge in [0.05, 0.1) is 0 Å². The molecule has 3 heterocycles. The van der Waals surface area contributed by atoms with Crippen LogP contribution >= 0.6 is 11.3 Å². The molecule has 1 aromatic rings. The molecule has 2 aliphatic rings. The first-order chi connectivity index (χ1) is 9.17. The van der Waals surface area contributed by atoms with E-state index in [9.17, 15) is 0 Å². The molecule has 1 aromatic heterocycles. The van der Waals surface area contributed by atoms with Crippen LogP contribution in [0.5, 0.6) is 0 Å². The summed E-state index contributed by atoms with van der Waals surface area (Å²) in [7, 11) is 2.30. The maximum atomic E-state index is 6.52. The van der Waals surface area contributed by atoms with E-state index in [4.69, 9.17) is 5.73 Å². The summed E-state index contributed by atoms with van der Waals surface area (Å²) < 4.78 is 0. The summed E-state index contributed by atoms with van der Waals surface area (Å²) in [6.45, 7) is 2.23. The molecule has 2 fully saturated rings. The Hall–Kier alpha value is -0.380. The predicted octanol–water partition coefficient (Wildman–Crippen LogP) is 3.05. The van der Waals surface area contributed by atoms with Crippen molar-refractivity contribution in [1.29, 1.82) is 0 Å². The Balaban J connectivity index is 1.60. The van der Waals surface area contributed by atoms with Crippen LogP contribution in [0.3, 0.4) is 0 Å². The SMILES string of the molecule is CCc1ccc(CC(N)C2CC3CCC(C2)N3C)s1. The summed E-state index contributed by atoms with van der Waals surface area (Å²) in [5.41, 5.74) is 6.52. The third-order valence-corrected chi connectivity index (χ3v) is 6.49. The highest BCUT2D eigenvalue weighted by Crippen LogP contribution is 2.39. The monoisotopic (exact) mass is 278 g/mol. The van der Waals surface area contributed by atoms with E-state index in [2.05, 4.69) is 31.0 Å². The summed E-state index contributed by atoms with van der Waals surface area (Å²) in [5, 5.41) is 0. The first-order valence-electron chi connectivity index (χ1n) is 7.72. The second-order valence-electron chi connectivity index (χ2n) is 6.37. The van der Waals surface area contributed by atoms with Crippen LogP contribution in [-0.4, -0.2) is 30.1 Å². The molecule has 2 saturated heterocycles. The van der Waals surface area contributed by atoms with Crippen LogP contribution in [0.15, 0.2) is 12.1 Å². The molecule has 2 N–H and O–H groups in total. The van der Waals surface area contributed by atoms with E-state index in [0.717, 1.165) is 30.8 Å². The number of nitrogens with two attached hydrogens (primary N) is 1. The molecular weight excluding hydrogens is 252 g/mol. The molecule has 2 aliphatic heterocycles. The fraction of sp³-hybridized carbons (Fsp3) is 0.750. The van der Waals surface area contributed by atoms with Crippen molar-refractivity contribution in [2.45, 2.75) is 63.6 Å². The van der Waals surface area contributed by atoms with E-state index in [-0.39, 0.29) is 0 Å². The highest BCUT2D eigenvalue weighted by atomic mass is 32.1. The largest absolute Gasteiger partial charge is 0.327 e. The van der Waals surface area contributed by atoms with Crippen LogP contribution in [0.2, 0.25) is 0 Å². The lowest BCUT2D eigenvalue weighted by molar-refractivity contribution is 0.121. The van der Waals surface area contributed by atoms with Crippen molar-refractivity contribution in [3.05, 3.63) is 21.9 Å². The summed E-state index contributed by atoms with van der Waals surface area (Å²) in [6, 6.07) is 6.53. The van der Waals surface area contributed by atoms with Crippen molar-refractivity contribution in [3.8, 4) is 0 Å². The molecule has 0 saturated carbocycles. The van der Waals surface area contributed by atoms with E-state index in [0.29, 0.717) is 6.04 Å². The van der Waals surface area contributed by atoms with Crippen molar-refractivity contribution in [2.75, 3.05) is 7.05 Å². The molecule has 0 aliphatic carbocycles. The number of hydrogen-bond donors (Lipinski definition) is 1. The quantitative estimate of drug-likeness (QED) is 0.917. The lowest BCUT2D eigenvalue weighted by atomic mass is 9.84. The summed E-state index contributed by atoms with van der Waals surface area (Å²) in [5.74, 6) is 0.737. The van der Waals surface area contributed by atoms with Gasteiger partial charge in [-0.2, -0.15) is 0 Å². The Morgan fingerprint density at radius 3 is 2.47 bits per heavy atom.